The van der Waals surface area contributed by atoms with Gasteiger partial charge in [-0.3, -0.25) is 19.2 Å². The molecule has 152 valence electrons. The Balaban J connectivity index is 2.04. The van der Waals surface area contributed by atoms with E-state index in [2.05, 4.69) is 10.6 Å². The van der Waals surface area contributed by atoms with E-state index in [1.807, 2.05) is 6.92 Å². The number of hydrogen-bond donors (Lipinski definition) is 3. The molecule has 3 amide bonds. The van der Waals surface area contributed by atoms with Crippen LogP contribution in [-0.2, 0) is 19.2 Å². The molecule has 0 radical (unpaired) electrons. The van der Waals surface area contributed by atoms with Crippen molar-refractivity contribution in [2.24, 2.45) is 11.8 Å². The number of halogens is 1. The van der Waals surface area contributed by atoms with Gasteiger partial charge in [0.15, 0.2) is 0 Å². The number of anilines is 1. The van der Waals surface area contributed by atoms with Crippen LogP contribution in [0.4, 0.5) is 10.1 Å². The number of carbonyl (C=O) groups excluding carboxylic acids is 3. The first-order valence-corrected chi connectivity index (χ1v) is 9.08. The van der Waals surface area contributed by atoms with Gasteiger partial charge in [-0.2, -0.15) is 0 Å². The Morgan fingerprint density at radius 3 is 2.50 bits per heavy atom. The number of benzene rings is 1. The van der Waals surface area contributed by atoms with Gasteiger partial charge in [-0.25, -0.2) is 4.39 Å². The number of carboxylic acid groups (broad SMARTS) is 1. The summed E-state index contributed by atoms with van der Waals surface area (Å²) in [6.07, 6.45) is 0.573. The Kier molecular flexibility index (Phi) is 7.08. The van der Waals surface area contributed by atoms with Crippen LogP contribution in [0.15, 0.2) is 24.3 Å². The van der Waals surface area contributed by atoms with Gasteiger partial charge >= 0.3 is 5.97 Å². The largest absolute Gasteiger partial charge is 0.480 e. The zero-order valence-electron chi connectivity index (χ0n) is 15.8. The van der Waals surface area contributed by atoms with Gasteiger partial charge in [-0.15, -0.1) is 0 Å². The van der Waals surface area contributed by atoms with Crippen LogP contribution in [0.5, 0.6) is 0 Å². The van der Waals surface area contributed by atoms with Crippen molar-refractivity contribution in [2.75, 3.05) is 18.0 Å². The zero-order chi connectivity index (χ0) is 20.8. The van der Waals surface area contributed by atoms with Crippen LogP contribution < -0.4 is 15.5 Å². The summed E-state index contributed by atoms with van der Waals surface area (Å²) < 4.78 is 13.1. The second kappa shape index (κ2) is 9.29. The van der Waals surface area contributed by atoms with Crippen LogP contribution in [0.2, 0.25) is 0 Å². The third-order valence-corrected chi connectivity index (χ3v) is 4.84. The third-order valence-electron chi connectivity index (χ3n) is 4.84. The van der Waals surface area contributed by atoms with Crippen molar-refractivity contribution < 1.29 is 28.7 Å². The fraction of sp³-hybridized carbons (Fsp3) is 0.474. The van der Waals surface area contributed by atoms with Gasteiger partial charge in [0.1, 0.15) is 18.4 Å². The second-order valence-corrected chi connectivity index (χ2v) is 6.87. The summed E-state index contributed by atoms with van der Waals surface area (Å²) in [4.78, 5) is 49.3. The zero-order valence-corrected chi connectivity index (χ0v) is 15.8. The molecule has 9 heteroatoms. The van der Waals surface area contributed by atoms with Gasteiger partial charge in [0.05, 0.1) is 5.92 Å². The van der Waals surface area contributed by atoms with Crippen molar-refractivity contribution in [3.05, 3.63) is 30.1 Å². The third kappa shape index (κ3) is 5.28. The minimum absolute atomic E-state index is 0.0207. The van der Waals surface area contributed by atoms with Crippen LogP contribution in [0.1, 0.15) is 26.7 Å². The maximum Gasteiger partial charge on any atom is 0.322 e. The summed E-state index contributed by atoms with van der Waals surface area (Å²) >= 11 is 0. The van der Waals surface area contributed by atoms with Crippen molar-refractivity contribution in [1.82, 2.24) is 10.6 Å². The van der Waals surface area contributed by atoms with E-state index in [0.29, 0.717) is 12.1 Å². The van der Waals surface area contributed by atoms with E-state index in [0.717, 1.165) is 0 Å². The molecule has 1 aromatic carbocycles. The molecule has 1 heterocycles. The minimum atomic E-state index is -1.18. The SMILES string of the molecule is CCC(C)[C@H](NC(=O)C1CC(=O)N(c2ccc(F)cc2)C1)C(=O)NCC(=O)O. The number of nitrogens with zero attached hydrogens (tertiary/aromatic N) is 1. The summed E-state index contributed by atoms with van der Waals surface area (Å²) in [6, 6.07) is 4.51. The molecule has 8 nitrogen and oxygen atoms in total. The van der Waals surface area contributed by atoms with Gasteiger partial charge in [0.25, 0.3) is 0 Å². The molecular weight excluding hydrogens is 369 g/mol. The van der Waals surface area contributed by atoms with Crippen molar-refractivity contribution in [3.63, 3.8) is 0 Å². The van der Waals surface area contributed by atoms with Crippen LogP contribution in [0.25, 0.3) is 0 Å². The first kappa shape index (κ1) is 21.3. The molecule has 1 aliphatic rings. The van der Waals surface area contributed by atoms with Crippen molar-refractivity contribution in [1.29, 1.82) is 0 Å². The second-order valence-electron chi connectivity index (χ2n) is 6.87. The molecule has 3 N–H and O–H groups in total. The Morgan fingerprint density at radius 1 is 1.29 bits per heavy atom. The predicted molar refractivity (Wildman–Crippen MR) is 98.9 cm³/mol. The molecule has 1 fully saturated rings. The average molecular weight is 393 g/mol. The van der Waals surface area contributed by atoms with Crippen LogP contribution in [0.3, 0.4) is 0 Å². The summed E-state index contributed by atoms with van der Waals surface area (Å²) in [6.45, 7) is 3.21. The molecule has 1 saturated heterocycles. The molecular formula is C19H24FN3O5. The average Bonchev–Trinajstić information content (AvgIpc) is 3.05. The number of carboxylic acids is 1. The number of carbonyl (C=O) groups is 4. The van der Waals surface area contributed by atoms with Crippen molar-refractivity contribution in [2.45, 2.75) is 32.7 Å². The van der Waals surface area contributed by atoms with E-state index in [1.165, 1.54) is 29.2 Å². The molecule has 0 saturated carbocycles. The molecule has 28 heavy (non-hydrogen) atoms. The van der Waals surface area contributed by atoms with E-state index in [1.54, 1.807) is 6.92 Å². The summed E-state index contributed by atoms with van der Waals surface area (Å²) in [7, 11) is 0. The highest BCUT2D eigenvalue weighted by atomic mass is 19.1. The minimum Gasteiger partial charge on any atom is -0.480 e. The maximum absolute atomic E-state index is 13.1. The molecule has 0 spiro atoms. The topological polar surface area (TPSA) is 116 Å². The van der Waals surface area contributed by atoms with Crippen LogP contribution in [0, 0.1) is 17.7 Å². The Morgan fingerprint density at radius 2 is 1.93 bits per heavy atom. The Hall–Kier alpha value is -2.97. The maximum atomic E-state index is 13.1. The monoisotopic (exact) mass is 393 g/mol. The van der Waals surface area contributed by atoms with E-state index in [-0.39, 0.29) is 24.8 Å². The first-order valence-electron chi connectivity index (χ1n) is 9.08. The first-order chi connectivity index (χ1) is 13.2. The number of rotatable bonds is 8. The van der Waals surface area contributed by atoms with Gasteiger partial charge in [0, 0.05) is 18.7 Å². The van der Waals surface area contributed by atoms with Gasteiger partial charge in [-0.05, 0) is 30.2 Å². The standard InChI is InChI=1S/C19H24FN3O5/c1-3-11(2)17(19(28)21-9-16(25)26)22-18(27)12-8-15(24)23(10-12)14-6-4-13(20)5-7-14/h4-7,11-12,17H,3,8-10H2,1-2H3,(H,21,28)(H,22,27)(H,25,26)/t11?,12?,17-/m0/s1. The number of amides is 3. The van der Waals surface area contributed by atoms with Crippen molar-refractivity contribution in [3.8, 4) is 0 Å². The highest BCUT2D eigenvalue weighted by Gasteiger charge is 2.37. The van der Waals surface area contributed by atoms with Gasteiger partial charge in [-0.1, -0.05) is 20.3 Å². The molecule has 2 rings (SSSR count). The van der Waals surface area contributed by atoms with Gasteiger partial charge in [0.2, 0.25) is 17.7 Å². The molecule has 3 atom stereocenters. The quantitative estimate of drug-likeness (QED) is 0.607. The lowest BCUT2D eigenvalue weighted by atomic mass is 9.97. The molecule has 0 bridgehead atoms. The van der Waals surface area contributed by atoms with E-state index in [9.17, 15) is 23.6 Å². The fourth-order valence-corrected chi connectivity index (χ4v) is 3.00. The molecule has 2 unspecified atom stereocenters. The predicted octanol–water partition coefficient (Wildman–Crippen LogP) is 0.910. The van der Waals surface area contributed by atoms with Crippen LogP contribution >= 0.6 is 0 Å². The lowest BCUT2D eigenvalue weighted by molar-refractivity contribution is -0.138. The number of nitrogens with one attached hydrogen (secondary N) is 2. The van der Waals surface area contributed by atoms with Gasteiger partial charge < -0.3 is 20.6 Å². The van der Waals surface area contributed by atoms with Crippen LogP contribution in [-0.4, -0.2) is 47.9 Å². The fourth-order valence-electron chi connectivity index (χ4n) is 3.00. The lowest BCUT2D eigenvalue weighted by Gasteiger charge is -2.24. The van der Waals surface area contributed by atoms with E-state index in [4.69, 9.17) is 5.11 Å². The smallest absolute Gasteiger partial charge is 0.322 e. The Labute approximate surface area is 162 Å². The highest BCUT2D eigenvalue weighted by Crippen LogP contribution is 2.25. The lowest BCUT2D eigenvalue weighted by Crippen LogP contribution is -2.52. The highest BCUT2D eigenvalue weighted by molar-refractivity contribution is 6.01. The number of aliphatic carboxylic acids is 1. The molecule has 1 aromatic rings. The normalized spacial score (nSPS) is 18.5. The van der Waals surface area contributed by atoms with E-state index >= 15 is 0 Å². The summed E-state index contributed by atoms with van der Waals surface area (Å²) in [5.74, 6) is -3.77. The molecule has 0 aliphatic carbocycles. The van der Waals surface area contributed by atoms with Crippen molar-refractivity contribution >= 4 is 29.4 Å². The Bertz CT molecular complexity index is 752. The molecule has 1 aliphatic heterocycles. The number of hydrogen-bond acceptors (Lipinski definition) is 4. The van der Waals surface area contributed by atoms with E-state index < -0.39 is 42.1 Å². The summed E-state index contributed by atoms with van der Waals surface area (Å²) in [5.41, 5.74) is 0.499. The molecule has 0 aromatic heterocycles. The summed E-state index contributed by atoms with van der Waals surface area (Å²) in [5, 5.41) is 13.6.